The molecule has 0 bridgehead atoms. The van der Waals surface area contributed by atoms with Gasteiger partial charge in [-0.2, -0.15) is 0 Å². The van der Waals surface area contributed by atoms with Crippen molar-refractivity contribution in [3.05, 3.63) is 34.8 Å². The lowest BCUT2D eigenvalue weighted by Crippen LogP contribution is -2.03. The highest BCUT2D eigenvalue weighted by atomic mass is 32.1. The van der Waals surface area contributed by atoms with E-state index in [0.717, 1.165) is 16.6 Å². The third-order valence-electron chi connectivity index (χ3n) is 4.86. The molecule has 1 aromatic carbocycles. The van der Waals surface area contributed by atoms with Crippen LogP contribution < -0.4 is 5.73 Å². The number of nitrogens with two attached hydrogens (primary N) is 1. The van der Waals surface area contributed by atoms with Crippen LogP contribution in [0.3, 0.4) is 0 Å². The molecule has 0 radical (unpaired) electrons. The lowest BCUT2D eigenvalue weighted by atomic mass is 9.90. The summed E-state index contributed by atoms with van der Waals surface area (Å²) in [5.41, 5.74) is 9.90. The summed E-state index contributed by atoms with van der Waals surface area (Å²) in [6, 6.07) is 8.91. The van der Waals surface area contributed by atoms with Gasteiger partial charge in [-0.3, -0.25) is 0 Å². The van der Waals surface area contributed by atoms with Crippen molar-refractivity contribution in [1.82, 2.24) is 4.98 Å². The third kappa shape index (κ3) is 2.71. The van der Waals surface area contributed by atoms with Crippen molar-refractivity contribution >= 4 is 16.3 Å². The number of nitrogens with zero attached hydrogens (tertiary/aromatic N) is 1. The first-order valence-corrected chi connectivity index (χ1v) is 8.99. The summed E-state index contributed by atoms with van der Waals surface area (Å²) in [7, 11) is 0. The molecule has 2 nitrogen and oxygen atoms in total. The van der Waals surface area contributed by atoms with E-state index in [9.17, 15) is 0 Å². The van der Waals surface area contributed by atoms with Gasteiger partial charge in [-0.25, -0.2) is 4.98 Å². The van der Waals surface area contributed by atoms with Gasteiger partial charge >= 0.3 is 0 Å². The summed E-state index contributed by atoms with van der Waals surface area (Å²) < 4.78 is 0. The molecule has 0 atom stereocenters. The number of rotatable bonds is 3. The maximum absolute atomic E-state index is 6.25. The summed E-state index contributed by atoms with van der Waals surface area (Å²) in [6.45, 7) is 0. The number of anilines is 1. The van der Waals surface area contributed by atoms with Crippen LogP contribution in [0.4, 0.5) is 5.00 Å². The summed E-state index contributed by atoms with van der Waals surface area (Å²) in [4.78, 5) is 4.89. The van der Waals surface area contributed by atoms with Crippen LogP contribution in [0.15, 0.2) is 24.3 Å². The molecule has 0 aliphatic heterocycles. The number of hydrogen-bond donors (Lipinski definition) is 1. The van der Waals surface area contributed by atoms with Crippen LogP contribution in [0.1, 0.15) is 67.4 Å². The van der Waals surface area contributed by atoms with Gasteiger partial charge in [-0.05, 0) is 37.2 Å². The molecule has 2 fully saturated rings. The Balaban J connectivity index is 1.60. The fourth-order valence-electron chi connectivity index (χ4n) is 3.41. The van der Waals surface area contributed by atoms with Gasteiger partial charge in [-0.15, -0.1) is 11.3 Å². The molecule has 2 N–H and O–H groups in total. The van der Waals surface area contributed by atoms with Gasteiger partial charge in [0, 0.05) is 11.5 Å². The molecule has 2 aliphatic rings. The highest BCUT2D eigenvalue weighted by Crippen LogP contribution is 2.42. The van der Waals surface area contributed by atoms with Gasteiger partial charge in [-0.1, -0.05) is 43.5 Å². The van der Waals surface area contributed by atoms with Crippen molar-refractivity contribution in [3.8, 4) is 11.3 Å². The molecule has 0 amide bonds. The van der Waals surface area contributed by atoms with E-state index in [1.807, 2.05) is 0 Å². The largest absolute Gasteiger partial charge is 0.389 e. The van der Waals surface area contributed by atoms with Crippen LogP contribution in [-0.4, -0.2) is 4.98 Å². The molecular weight excluding hydrogens is 276 g/mol. The molecule has 2 aromatic rings. The first kappa shape index (κ1) is 13.3. The molecule has 3 heteroatoms. The summed E-state index contributed by atoms with van der Waals surface area (Å²) >= 11 is 1.71. The van der Waals surface area contributed by atoms with Gasteiger partial charge in [0.05, 0.1) is 5.01 Å². The van der Waals surface area contributed by atoms with Gasteiger partial charge in [0.25, 0.3) is 0 Å². The van der Waals surface area contributed by atoms with E-state index in [1.54, 1.807) is 11.3 Å². The fourth-order valence-corrected chi connectivity index (χ4v) is 4.43. The smallest absolute Gasteiger partial charge is 0.114 e. The predicted octanol–water partition coefficient (Wildman–Crippen LogP) is 5.32. The van der Waals surface area contributed by atoms with Crippen molar-refractivity contribution in [3.63, 3.8) is 0 Å². The molecule has 2 saturated carbocycles. The SMILES string of the molecule is Nc1sc(C2CCCCC2)nc1-c1ccc(C2CC2)cc1. The average Bonchev–Trinajstić information content (AvgIpc) is 3.31. The molecule has 21 heavy (non-hydrogen) atoms. The number of hydrogen-bond acceptors (Lipinski definition) is 3. The van der Waals surface area contributed by atoms with Crippen LogP contribution >= 0.6 is 11.3 Å². The van der Waals surface area contributed by atoms with E-state index >= 15 is 0 Å². The van der Waals surface area contributed by atoms with Crippen molar-refractivity contribution in [2.45, 2.75) is 56.8 Å². The van der Waals surface area contributed by atoms with Crippen LogP contribution in [0.25, 0.3) is 11.3 Å². The number of benzene rings is 1. The first-order valence-electron chi connectivity index (χ1n) is 8.18. The van der Waals surface area contributed by atoms with E-state index in [0.29, 0.717) is 5.92 Å². The standard InChI is InChI=1S/C18H22N2S/c19-17-16(14-10-8-13(9-11-14)12-6-7-12)20-18(21-17)15-4-2-1-3-5-15/h8-12,15H,1-7,19H2. The first-order chi connectivity index (χ1) is 10.3. The Kier molecular flexibility index (Phi) is 3.46. The molecule has 0 unspecified atom stereocenters. The molecule has 2 aliphatic carbocycles. The van der Waals surface area contributed by atoms with E-state index < -0.39 is 0 Å². The Morgan fingerprint density at radius 2 is 1.62 bits per heavy atom. The van der Waals surface area contributed by atoms with Crippen molar-refractivity contribution in [1.29, 1.82) is 0 Å². The average molecular weight is 298 g/mol. The van der Waals surface area contributed by atoms with Crippen LogP contribution in [-0.2, 0) is 0 Å². The summed E-state index contributed by atoms with van der Waals surface area (Å²) in [5.74, 6) is 1.45. The Labute approximate surface area is 130 Å². The highest BCUT2D eigenvalue weighted by molar-refractivity contribution is 7.16. The second-order valence-corrected chi connectivity index (χ2v) is 7.56. The third-order valence-corrected chi connectivity index (χ3v) is 5.90. The van der Waals surface area contributed by atoms with E-state index in [-0.39, 0.29) is 0 Å². The minimum atomic E-state index is 0.644. The van der Waals surface area contributed by atoms with Crippen LogP contribution in [0.5, 0.6) is 0 Å². The summed E-state index contributed by atoms with van der Waals surface area (Å²) in [6.07, 6.45) is 9.34. The monoisotopic (exact) mass is 298 g/mol. The molecule has 1 aromatic heterocycles. The zero-order valence-corrected chi connectivity index (χ0v) is 13.2. The van der Waals surface area contributed by atoms with Gasteiger partial charge in [0.15, 0.2) is 0 Å². The zero-order valence-electron chi connectivity index (χ0n) is 12.3. The molecule has 0 spiro atoms. The van der Waals surface area contributed by atoms with E-state index in [2.05, 4.69) is 24.3 Å². The maximum atomic E-state index is 6.25. The van der Waals surface area contributed by atoms with E-state index in [1.165, 1.54) is 61.1 Å². The Morgan fingerprint density at radius 1 is 0.905 bits per heavy atom. The topological polar surface area (TPSA) is 38.9 Å². The maximum Gasteiger partial charge on any atom is 0.114 e. The fraction of sp³-hybridized carbons (Fsp3) is 0.500. The van der Waals surface area contributed by atoms with Crippen LogP contribution in [0, 0.1) is 0 Å². The number of nitrogen functional groups attached to an aromatic ring is 1. The molecule has 0 saturated heterocycles. The second-order valence-electron chi connectivity index (χ2n) is 6.50. The quantitative estimate of drug-likeness (QED) is 0.833. The minimum Gasteiger partial charge on any atom is -0.389 e. The second kappa shape index (κ2) is 5.45. The Hall–Kier alpha value is -1.35. The van der Waals surface area contributed by atoms with Crippen molar-refractivity contribution in [2.24, 2.45) is 0 Å². The van der Waals surface area contributed by atoms with Gasteiger partial charge in [0.2, 0.25) is 0 Å². The van der Waals surface area contributed by atoms with Crippen molar-refractivity contribution in [2.75, 3.05) is 5.73 Å². The van der Waals surface area contributed by atoms with Gasteiger partial charge < -0.3 is 5.73 Å². The molecule has 110 valence electrons. The number of thiazole rings is 1. The predicted molar refractivity (Wildman–Crippen MR) is 89.8 cm³/mol. The molecular formula is C18H22N2S. The van der Waals surface area contributed by atoms with E-state index in [4.69, 9.17) is 10.7 Å². The number of aromatic nitrogens is 1. The Morgan fingerprint density at radius 3 is 2.29 bits per heavy atom. The molecule has 4 rings (SSSR count). The summed E-state index contributed by atoms with van der Waals surface area (Å²) in [5, 5.41) is 2.14. The zero-order chi connectivity index (χ0) is 14.2. The van der Waals surface area contributed by atoms with Crippen LogP contribution in [0.2, 0.25) is 0 Å². The van der Waals surface area contributed by atoms with Crippen molar-refractivity contribution < 1.29 is 0 Å². The minimum absolute atomic E-state index is 0.644. The normalized spacial score (nSPS) is 19.8. The lowest BCUT2D eigenvalue weighted by molar-refractivity contribution is 0.442. The molecule has 1 heterocycles. The highest BCUT2D eigenvalue weighted by Gasteiger charge is 2.24. The van der Waals surface area contributed by atoms with Gasteiger partial charge in [0.1, 0.15) is 10.7 Å². The Bertz CT molecular complexity index is 619. The lowest BCUT2D eigenvalue weighted by Gasteiger charge is -2.18.